The number of aliphatic imine (C=N–C) groups is 1. The van der Waals surface area contributed by atoms with E-state index in [-0.39, 0.29) is 5.41 Å². The fourth-order valence-corrected chi connectivity index (χ4v) is 3.40. The van der Waals surface area contributed by atoms with Crippen molar-refractivity contribution in [2.75, 3.05) is 46.1 Å². The van der Waals surface area contributed by atoms with Gasteiger partial charge in [-0.15, -0.1) is 0 Å². The van der Waals surface area contributed by atoms with Crippen molar-refractivity contribution in [1.82, 2.24) is 10.6 Å². The second-order valence-electron chi connectivity index (χ2n) is 7.43. The van der Waals surface area contributed by atoms with E-state index in [2.05, 4.69) is 47.9 Å². The van der Waals surface area contributed by atoms with Crippen LogP contribution in [0.1, 0.15) is 38.2 Å². The summed E-state index contributed by atoms with van der Waals surface area (Å²) in [7, 11) is 0. The fourth-order valence-electron chi connectivity index (χ4n) is 3.40. The maximum absolute atomic E-state index is 5.76. The lowest BCUT2D eigenvalue weighted by Crippen LogP contribution is -2.38. The van der Waals surface area contributed by atoms with Crippen LogP contribution in [0.5, 0.6) is 0 Å². The van der Waals surface area contributed by atoms with Gasteiger partial charge in [0.25, 0.3) is 0 Å². The average molecular weight is 360 g/mol. The molecule has 1 saturated heterocycles. The first kappa shape index (κ1) is 19.2. The molecule has 5 nitrogen and oxygen atoms in total. The number of rotatable bonds is 10. The van der Waals surface area contributed by atoms with E-state index in [1.807, 2.05) is 0 Å². The van der Waals surface area contributed by atoms with E-state index in [1.165, 1.54) is 18.4 Å². The van der Waals surface area contributed by atoms with Crippen molar-refractivity contribution in [3.05, 3.63) is 35.9 Å². The molecule has 0 bridgehead atoms. The summed E-state index contributed by atoms with van der Waals surface area (Å²) in [4.78, 5) is 4.84. The first-order valence-electron chi connectivity index (χ1n) is 10.1. The highest BCUT2D eigenvalue weighted by atomic mass is 16.5. The summed E-state index contributed by atoms with van der Waals surface area (Å²) in [5.41, 5.74) is 1.68. The van der Waals surface area contributed by atoms with E-state index >= 15 is 0 Å². The highest BCUT2D eigenvalue weighted by Crippen LogP contribution is 2.48. The molecule has 26 heavy (non-hydrogen) atoms. The summed E-state index contributed by atoms with van der Waals surface area (Å²) in [5, 5.41) is 6.79. The van der Waals surface area contributed by atoms with E-state index in [1.54, 1.807) is 0 Å². The highest BCUT2D eigenvalue weighted by Gasteiger charge is 2.43. The number of guanidine groups is 1. The first-order valence-corrected chi connectivity index (χ1v) is 10.1. The zero-order valence-corrected chi connectivity index (χ0v) is 16.0. The van der Waals surface area contributed by atoms with Crippen molar-refractivity contribution in [3.8, 4) is 0 Å². The number of ether oxygens (including phenoxy) is 2. The smallest absolute Gasteiger partial charge is 0.191 e. The van der Waals surface area contributed by atoms with E-state index in [4.69, 9.17) is 14.5 Å². The SMILES string of the molecule is CCNC(=NCC1(c2ccccc2)CC1)NCCCOCC1CCOC1. The van der Waals surface area contributed by atoms with Gasteiger partial charge in [-0.3, -0.25) is 4.99 Å². The second-order valence-corrected chi connectivity index (χ2v) is 7.43. The summed E-state index contributed by atoms with van der Waals surface area (Å²) in [6.45, 7) is 8.08. The molecule has 1 saturated carbocycles. The highest BCUT2D eigenvalue weighted by molar-refractivity contribution is 5.79. The minimum atomic E-state index is 0.260. The van der Waals surface area contributed by atoms with Gasteiger partial charge in [-0.25, -0.2) is 0 Å². The van der Waals surface area contributed by atoms with Crippen LogP contribution in [0.3, 0.4) is 0 Å². The van der Waals surface area contributed by atoms with Gasteiger partial charge in [0.2, 0.25) is 0 Å². The van der Waals surface area contributed by atoms with Crippen LogP contribution in [-0.4, -0.2) is 52.0 Å². The zero-order chi connectivity index (χ0) is 18.1. The molecule has 144 valence electrons. The first-order chi connectivity index (χ1) is 12.8. The zero-order valence-electron chi connectivity index (χ0n) is 16.0. The molecule has 1 unspecified atom stereocenters. The molecule has 2 aliphatic rings. The quantitative estimate of drug-likeness (QED) is 0.383. The molecule has 1 heterocycles. The van der Waals surface area contributed by atoms with Crippen LogP contribution >= 0.6 is 0 Å². The molecular weight excluding hydrogens is 326 g/mol. The summed E-state index contributed by atoms with van der Waals surface area (Å²) in [6.07, 6.45) is 4.59. The molecule has 0 radical (unpaired) electrons. The largest absolute Gasteiger partial charge is 0.381 e. The Bertz CT molecular complexity index is 552. The van der Waals surface area contributed by atoms with Gasteiger partial charge in [0.15, 0.2) is 5.96 Å². The van der Waals surface area contributed by atoms with E-state index in [0.717, 1.165) is 64.9 Å². The third-order valence-electron chi connectivity index (χ3n) is 5.26. The number of nitrogens with one attached hydrogen (secondary N) is 2. The molecular formula is C21H33N3O2. The van der Waals surface area contributed by atoms with Gasteiger partial charge in [0.05, 0.1) is 19.8 Å². The van der Waals surface area contributed by atoms with Gasteiger partial charge >= 0.3 is 0 Å². The number of hydrogen-bond donors (Lipinski definition) is 2. The molecule has 1 aromatic rings. The maximum atomic E-state index is 5.76. The topological polar surface area (TPSA) is 54.9 Å². The van der Waals surface area contributed by atoms with Gasteiger partial charge in [-0.1, -0.05) is 30.3 Å². The Morgan fingerprint density at radius 2 is 2.12 bits per heavy atom. The number of hydrogen-bond acceptors (Lipinski definition) is 3. The molecule has 1 atom stereocenters. The van der Waals surface area contributed by atoms with Crippen molar-refractivity contribution in [3.63, 3.8) is 0 Å². The lowest BCUT2D eigenvalue weighted by Gasteiger charge is -2.16. The Balaban J connectivity index is 1.37. The molecule has 0 aromatic heterocycles. The summed E-state index contributed by atoms with van der Waals surface area (Å²) in [5.74, 6) is 1.51. The number of nitrogens with zero attached hydrogens (tertiary/aromatic N) is 1. The molecule has 0 spiro atoms. The molecule has 1 aliphatic heterocycles. The van der Waals surface area contributed by atoms with Crippen molar-refractivity contribution in [2.24, 2.45) is 10.9 Å². The van der Waals surface area contributed by atoms with Crippen LogP contribution in [-0.2, 0) is 14.9 Å². The van der Waals surface area contributed by atoms with Gasteiger partial charge in [-0.2, -0.15) is 0 Å². The number of benzene rings is 1. The lowest BCUT2D eigenvalue weighted by molar-refractivity contribution is 0.0888. The Morgan fingerprint density at radius 1 is 1.27 bits per heavy atom. The molecule has 1 aromatic carbocycles. The van der Waals surface area contributed by atoms with Crippen LogP contribution in [0, 0.1) is 5.92 Å². The third kappa shape index (κ3) is 5.71. The van der Waals surface area contributed by atoms with E-state index < -0.39 is 0 Å². The predicted molar refractivity (Wildman–Crippen MR) is 106 cm³/mol. The van der Waals surface area contributed by atoms with Crippen molar-refractivity contribution in [1.29, 1.82) is 0 Å². The van der Waals surface area contributed by atoms with Crippen molar-refractivity contribution >= 4 is 5.96 Å². The van der Waals surface area contributed by atoms with E-state index in [0.29, 0.717) is 5.92 Å². The fraction of sp³-hybridized carbons (Fsp3) is 0.667. The van der Waals surface area contributed by atoms with Crippen LogP contribution in [0.2, 0.25) is 0 Å². The van der Waals surface area contributed by atoms with Gasteiger partial charge in [-0.05, 0) is 38.2 Å². The Hall–Kier alpha value is -1.59. The third-order valence-corrected chi connectivity index (χ3v) is 5.26. The Labute approximate surface area is 157 Å². The van der Waals surface area contributed by atoms with Gasteiger partial charge in [0, 0.05) is 37.6 Å². The van der Waals surface area contributed by atoms with Crippen LogP contribution in [0.4, 0.5) is 0 Å². The summed E-state index contributed by atoms with van der Waals surface area (Å²) < 4.78 is 11.1. The monoisotopic (exact) mass is 359 g/mol. The summed E-state index contributed by atoms with van der Waals surface area (Å²) in [6, 6.07) is 10.8. The van der Waals surface area contributed by atoms with Crippen LogP contribution in [0.15, 0.2) is 35.3 Å². The molecule has 3 rings (SSSR count). The average Bonchev–Trinajstić information content (AvgIpc) is 3.29. The van der Waals surface area contributed by atoms with Crippen molar-refractivity contribution in [2.45, 2.75) is 38.0 Å². The molecule has 1 aliphatic carbocycles. The van der Waals surface area contributed by atoms with Gasteiger partial charge < -0.3 is 20.1 Å². The van der Waals surface area contributed by atoms with Crippen molar-refractivity contribution < 1.29 is 9.47 Å². The van der Waals surface area contributed by atoms with Crippen LogP contribution < -0.4 is 10.6 Å². The van der Waals surface area contributed by atoms with E-state index in [9.17, 15) is 0 Å². The Kier molecular flexibility index (Phi) is 7.32. The molecule has 2 fully saturated rings. The minimum Gasteiger partial charge on any atom is -0.381 e. The normalized spacial score (nSPS) is 21.6. The second kappa shape index (κ2) is 9.93. The van der Waals surface area contributed by atoms with Crippen LogP contribution in [0.25, 0.3) is 0 Å². The molecule has 5 heteroatoms. The minimum absolute atomic E-state index is 0.260. The van der Waals surface area contributed by atoms with Gasteiger partial charge in [0.1, 0.15) is 0 Å². The lowest BCUT2D eigenvalue weighted by atomic mass is 9.96. The summed E-state index contributed by atoms with van der Waals surface area (Å²) >= 11 is 0. The predicted octanol–water partition coefficient (Wildman–Crippen LogP) is 2.72. The maximum Gasteiger partial charge on any atom is 0.191 e. The Morgan fingerprint density at radius 3 is 2.81 bits per heavy atom. The molecule has 0 amide bonds. The standard InChI is InChI=1S/C21H33N3O2/c1-2-22-20(23-12-6-13-25-15-18-9-14-26-16-18)24-17-21(10-11-21)19-7-4-3-5-8-19/h3-5,7-8,18H,2,6,9-17H2,1H3,(H2,22,23,24). The molecule has 2 N–H and O–H groups in total.